The summed E-state index contributed by atoms with van der Waals surface area (Å²) < 4.78 is 27.0. The minimum absolute atomic E-state index is 0.118. The van der Waals surface area contributed by atoms with Gasteiger partial charge in [-0.05, 0) is 37.0 Å². The molecule has 1 aromatic rings. The summed E-state index contributed by atoms with van der Waals surface area (Å²) >= 11 is 3.23. The average Bonchev–Trinajstić information content (AvgIpc) is 2.38. The lowest BCUT2D eigenvalue weighted by molar-refractivity contribution is -0.143. The number of carboxylic acid groups (broad SMARTS) is 1. The second-order valence-electron chi connectivity index (χ2n) is 5.06. The minimum atomic E-state index is -3.78. The van der Waals surface area contributed by atoms with Gasteiger partial charge in [-0.25, -0.2) is 8.42 Å². The number of hydrogen-bond acceptors (Lipinski definition) is 3. The highest BCUT2D eigenvalue weighted by molar-refractivity contribution is 9.10. The fourth-order valence-corrected chi connectivity index (χ4v) is 4.60. The fourth-order valence-electron chi connectivity index (χ4n) is 2.39. The van der Waals surface area contributed by atoms with E-state index in [-0.39, 0.29) is 17.4 Å². The Morgan fingerprint density at radius 3 is 2.75 bits per heavy atom. The van der Waals surface area contributed by atoms with Crippen molar-refractivity contribution in [1.29, 1.82) is 0 Å². The number of nitrogens with zero attached hydrogens (tertiary/aromatic N) is 1. The number of benzene rings is 1. The van der Waals surface area contributed by atoms with Crippen molar-refractivity contribution >= 4 is 31.9 Å². The third-order valence-electron chi connectivity index (χ3n) is 3.50. The predicted molar refractivity (Wildman–Crippen MR) is 77.9 cm³/mol. The molecule has 110 valence electrons. The van der Waals surface area contributed by atoms with Gasteiger partial charge in [-0.15, -0.1) is 0 Å². The third kappa shape index (κ3) is 3.05. The first-order valence-electron chi connectivity index (χ1n) is 6.32. The lowest BCUT2D eigenvalue weighted by Crippen LogP contribution is -2.49. The van der Waals surface area contributed by atoms with Crippen molar-refractivity contribution in [1.82, 2.24) is 4.31 Å². The van der Waals surface area contributed by atoms with E-state index < -0.39 is 22.0 Å². The highest BCUT2D eigenvalue weighted by Crippen LogP contribution is 2.29. The van der Waals surface area contributed by atoms with E-state index >= 15 is 0 Å². The number of aliphatic carboxylic acids is 1. The quantitative estimate of drug-likeness (QED) is 0.896. The SMILES string of the molecule is CC1CCN(S(=O)(=O)c2cccc(Br)c2)C(C(=O)O)C1. The molecule has 1 fully saturated rings. The van der Waals surface area contributed by atoms with Crippen LogP contribution >= 0.6 is 15.9 Å². The van der Waals surface area contributed by atoms with E-state index in [1.165, 1.54) is 12.1 Å². The molecule has 1 saturated heterocycles. The van der Waals surface area contributed by atoms with Gasteiger partial charge < -0.3 is 5.11 Å². The van der Waals surface area contributed by atoms with Crippen LogP contribution in [-0.4, -0.2) is 36.4 Å². The van der Waals surface area contributed by atoms with Crippen molar-refractivity contribution in [3.63, 3.8) is 0 Å². The molecule has 2 unspecified atom stereocenters. The van der Waals surface area contributed by atoms with E-state index in [0.717, 1.165) is 4.31 Å². The Morgan fingerprint density at radius 1 is 1.45 bits per heavy atom. The van der Waals surface area contributed by atoms with E-state index in [0.29, 0.717) is 17.3 Å². The van der Waals surface area contributed by atoms with Crippen molar-refractivity contribution in [3.8, 4) is 0 Å². The third-order valence-corrected chi connectivity index (χ3v) is 5.90. The Labute approximate surface area is 126 Å². The molecule has 5 nitrogen and oxygen atoms in total. The van der Waals surface area contributed by atoms with E-state index in [1.54, 1.807) is 12.1 Å². The maximum Gasteiger partial charge on any atom is 0.322 e. The van der Waals surface area contributed by atoms with Gasteiger partial charge in [-0.1, -0.05) is 28.9 Å². The molecule has 2 atom stereocenters. The first kappa shape index (κ1) is 15.5. The van der Waals surface area contributed by atoms with Crippen molar-refractivity contribution in [3.05, 3.63) is 28.7 Å². The van der Waals surface area contributed by atoms with Crippen LogP contribution in [0, 0.1) is 5.92 Å². The molecule has 0 bridgehead atoms. The molecule has 0 radical (unpaired) electrons. The van der Waals surface area contributed by atoms with Gasteiger partial charge in [0, 0.05) is 11.0 Å². The largest absolute Gasteiger partial charge is 0.480 e. The maximum atomic E-state index is 12.6. The van der Waals surface area contributed by atoms with Crippen LogP contribution in [-0.2, 0) is 14.8 Å². The summed E-state index contributed by atoms with van der Waals surface area (Å²) in [7, 11) is -3.78. The average molecular weight is 362 g/mol. The lowest BCUT2D eigenvalue weighted by Gasteiger charge is -2.34. The lowest BCUT2D eigenvalue weighted by atomic mass is 9.94. The number of hydrogen-bond donors (Lipinski definition) is 1. The van der Waals surface area contributed by atoms with E-state index in [2.05, 4.69) is 15.9 Å². The van der Waals surface area contributed by atoms with Crippen LogP contribution in [0.4, 0.5) is 0 Å². The maximum absolute atomic E-state index is 12.6. The number of piperidine rings is 1. The van der Waals surface area contributed by atoms with Crippen LogP contribution in [0.25, 0.3) is 0 Å². The van der Waals surface area contributed by atoms with Gasteiger partial charge >= 0.3 is 5.97 Å². The smallest absolute Gasteiger partial charge is 0.322 e. The monoisotopic (exact) mass is 361 g/mol. The molecule has 20 heavy (non-hydrogen) atoms. The number of halogens is 1. The second kappa shape index (κ2) is 5.83. The summed E-state index contributed by atoms with van der Waals surface area (Å²) in [6.45, 7) is 2.19. The van der Waals surface area contributed by atoms with Crippen LogP contribution < -0.4 is 0 Å². The number of sulfonamides is 1. The van der Waals surface area contributed by atoms with Gasteiger partial charge in [0.05, 0.1) is 4.90 Å². The molecule has 0 spiro atoms. The van der Waals surface area contributed by atoms with Gasteiger partial charge in [0.2, 0.25) is 10.0 Å². The molecule has 1 aliphatic heterocycles. The summed E-state index contributed by atoms with van der Waals surface area (Å²) in [6.07, 6.45) is 1.03. The van der Waals surface area contributed by atoms with Gasteiger partial charge in [0.1, 0.15) is 6.04 Å². The summed E-state index contributed by atoms with van der Waals surface area (Å²) in [5.41, 5.74) is 0. The summed E-state index contributed by atoms with van der Waals surface area (Å²) in [5, 5.41) is 9.28. The van der Waals surface area contributed by atoms with Crippen LogP contribution in [0.2, 0.25) is 0 Å². The second-order valence-corrected chi connectivity index (χ2v) is 7.86. The van der Waals surface area contributed by atoms with Gasteiger partial charge in [0.25, 0.3) is 0 Å². The van der Waals surface area contributed by atoms with Gasteiger partial charge in [-0.2, -0.15) is 4.31 Å². The molecule has 0 aromatic heterocycles. The Balaban J connectivity index is 2.39. The van der Waals surface area contributed by atoms with Crippen LogP contribution in [0.3, 0.4) is 0 Å². The molecule has 2 rings (SSSR count). The van der Waals surface area contributed by atoms with Crippen molar-refractivity contribution in [2.75, 3.05) is 6.54 Å². The summed E-state index contributed by atoms with van der Waals surface area (Å²) in [5.74, 6) is -0.875. The van der Waals surface area contributed by atoms with E-state index in [4.69, 9.17) is 0 Å². The summed E-state index contributed by atoms with van der Waals surface area (Å²) in [4.78, 5) is 11.5. The van der Waals surface area contributed by atoms with Crippen molar-refractivity contribution < 1.29 is 18.3 Å². The van der Waals surface area contributed by atoms with Gasteiger partial charge in [-0.3, -0.25) is 4.79 Å². The normalized spacial score (nSPS) is 24.5. The zero-order chi connectivity index (χ0) is 14.9. The standard InChI is InChI=1S/C13H16BrNO4S/c1-9-5-6-15(12(7-9)13(16)17)20(18,19)11-4-2-3-10(14)8-11/h2-4,8-9,12H,5-7H2,1H3,(H,16,17). The highest BCUT2D eigenvalue weighted by Gasteiger charge is 2.39. The van der Waals surface area contributed by atoms with Crippen LogP contribution in [0.5, 0.6) is 0 Å². The molecule has 7 heteroatoms. The van der Waals surface area contributed by atoms with Crippen LogP contribution in [0.15, 0.2) is 33.6 Å². The predicted octanol–water partition coefficient (Wildman–Crippen LogP) is 2.32. The Bertz CT molecular complexity index is 617. The highest BCUT2D eigenvalue weighted by atomic mass is 79.9. The van der Waals surface area contributed by atoms with Crippen LogP contribution in [0.1, 0.15) is 19.8 Å². The zero-order valence-corrected chi connectivity index (χ0v) is 13.4. The zero-order valence-electron chi connectivity index (χ0n) is 11.0. The molecule has 1 aromatic carbocycles. The van der Waals surface area contributed by atoms with E-state index in [9.17, 15) is 18.3 Å². The molecular weight excluding hydrogens is 346 g/mol. The minimum Gasteiger partial charge on any atom is -0.480 e. The molecular formula is C13H16BrNO4S. The topological polar surface area (TPSA) is 74.7 Å². The van der Waals surface area contributed by atoms with Gasteiger partial charge in [0.15, 0.2) is 0 Å². The first-order chi connectivity index (χ1) is 9.32. The Hall–Kier alpha value is -0.920. The molecule has 1 heterocycles. The molecule has 1 N–H and O–H groups in total. The number of carbonyl (C=O) groups is 1. The number of rotatable bonds is 3. The Morgan fingerprint density at radius 2 is 2.15 bits per heavy atom. The summed E-state index contributed by atoms with van der Waals surface area (Å²) in [6, 6.07) is 5.34. The first-order valence-corrected chi connectivity index (χ1v) is 8.56. The van der Waals surface area contributed by atoms with Crippen molar-refractivity contribution in [2.45, 2.75) is 30.7 Å². The molecule has 0 saturated carbocycles. The fraction of sp³-hybridized carbons (Fsp3) is 0.462. The molecule has 0 aliphatic carbocycles. The molecule has 0 amide bonds. The number of carboxylic acids is 1. The van der Waals surface area contributed by atoms with E-state index in [1.807, 2.05) is 6.92 Å². The van der Waals surface area contributed by atoms with Crippen molar-refractivity contribution in [2.24, 2.45) is 5.92 Å². The Kier molecular flexibility index (Phi) is 4.51. The molecule has 1 aliphatic rings.